The highest BCUT2D eigenvalue weighted by atomic mass is 35.5. The van der Waals surface area contributed by atoms with Gasteiger partial charge in [-0.2, -0.15) is 0 Å². The summed E-state index contributed by atoms with van der Waals surface area (Å²) in [6.07, 6.45) is 1.81. The summed E-state index contributed by atoms with van der Waals surface area (Å²) in [5, 5.41) is 4.00. The van der Waals surface area contributed by atoms with Crippen molar-refractivity contribution in [2.24, 2.45) is 0 Å². The van der Waals surface area contributed by atoms with Crippen LogP contribution in [0.3, 0.4) is 0 Å². The molecule has 0 saturated carbocycles. The minimum atomic E-state index is -0.151. The Balaban J connectivity index is 1.79. The van der Waals surface area contributed by atoms with E-state index in [1.54, 1.807) is 12.1 Å². The van der Waals surface area contributed by atoms with E-state index in [1.807, 2.05) is 61.5 Å². The van der Waals surface area contributed by atoms with E-state index >= 15 is 0 Å². The number of anilines is 1. The zero-order valence-corrected chi connectivity index (χ0v) is 15.6. The molecule has 0 bridgehead atoms. The number of halogens is 1. The molecule has 4 nitrogen and oxygen atoms in total. The van der Waals surface area contributed by atoms with Crippen molar-refractivity contribution >= 4 is 46.6 Å². The van der Waals surface area contributed by atoms with Crippen LogP contribution in [0.25, 0.3) is 6.08 Å². The molecule has 6 heteroatoms. The van der Waals surface area contributed by atoms with Crippen LogP contribution in [0.5, 0.6) is 0 Å². The van der Waals surface area contributed by atoms with Gasteiger partial charge in [0.2, 0.25) is 0 Å². The molecule has 2 aromatic carbocycles. The first-order valence-electron chi connectivity index (χ1n) is 7.81. The summed E-state index contributed by atoms with van der Waals surface area (Å²) in [4.78, 5) is 16.2. The minimum Gasteiger partial charge on any atom is -0.378 e. The fourth-order valence-electron chi connectivity index (χ4n) is 2.55. The molecule has 1 amide bonds. The number of nitrogens with one attached hydrogen (secondary N) is 1. The summed E-state index contributed by atoms with van der Waals surface area (Å²) < 4.78 is 0. The van der Waals surface area contributed by atoms with Crippen molar-refractivity contribution in [3.8, 4) is 0 Å². The summed E-state index contributed by atoms with van der Waals surface area (Å²) in [5.41, 5.74) is 3.36. The Morgan fingerprint density at radius 1 is 1.16 bits per heavy atom. The van der Waals surface area contributed by atoms with Crippen molar-refractivity contribution < 1.29 is 4.79 Å². The molecule has 2 aromatic rings. The number of amides is 1. The Labute approximate surface area is 157 Å². The average molecular weight is 372 g/mol. The Morgan fingerprint density at radius 2 is 1.84 bits per heavy atom. The molecule has 0 atom stereocenters. The molecule has 1 saturated heterocycles. The second-order valence-electron chi connectivity index (χ2n) is 5.96. The fraction of sp³-hybridized carbons (Fsp3) is 0.158. The third-order valence-electron chi connectivity index (χ3n) is 3.97. The van der Waals surface area contributed by atoms with Gasteiger partial charge in [-0.05, 0) is 47.6 Å². The maximum Gasteiger partial charge on any atom is 0.276 e. The first kappa shape index (κ1) is 17.5. The second kappa shape index (κ2) is 7.25. The Bertz CT molecular complexity index is 846. The number of hydrogen-bond donors (Lipinski definition) is 1. The quantitative estimate of drug-likeness (QED) is 0.657. The Morgan fingerprint density at radius 3 is 2.48 bits per heavy atom. The molecular formula is C19H18ClN3OS. The topological polar surface area (TPSA) is 35.6 Å². The first-order chi connectivity index (χ1) is 12.0. The van der Waals surface area contributed by atoms with E-state index in [-0.39, 0.29) is 5.91 Å². The number of nitrogens with zero attached hydrogens (tertiary/aromatic N) is 2. The van der Waals surface area contributed by atoms with E-state index in [4.69, 9.17) is 23.8 Å². The zero-order chi connectivity index (χ0) is 18.0. The van der Waals surface area contributed by atoms with Crippen molar-refractivity contribution in [3.63, 3.8) is 0 Å². The van der Waals surface area contributed by atoms with Gasteiger partial charge in [0.05, 0.1) is 6.54 Å². The van der Waals surface area contributed by atoms with Crippen molar-refractivity contribution in [2.45, 2.75) is 6.54 Å². The van der Waals surface area contributed by atoms with E-state index in [0.717, 1.165) is 16.8 Å². The van der Waals surface area contributed by atoms with Gasteiger partial charge in [0.15, 0.2) is 5.11 Å². The summed E-state index contributed by atoms with van der Waals surface area (Å²) in [6, 6.07) is 15.4. The van der Waals surface area contributed by atoms with Gasteiger partial charge in [0, 0.05) is 24.8 Å². The lowest BCUT2D eigenvalue weighted by atomic mass is 10.1. The van der Waals surface area contributed by atoms with E-state index < -0.39 is 0 Å². The largest absolute Gasteiger partial charge is 0.378 e. The first-order valence-corrected chi connectivity index (χ1v) is 8.59. The molecule has 0 aromatic heterocycles. The van der Waals surface area contributed by atoms with Crippen LogP contribution in [-0.4, -0.2) is 30.0 Å². The number of carbonyl (C=O) groups is 1. The average Bonchev–Trinajstić information content (AvgIpc) is 2.85. The summed E-state index contributed by atoms with van der Waals surface area (Å²) >= 11 is 11.5. The highest BCUT2D eigenvalue weighted by Gasteiger charge is 2.30. The molecule has 0 unspecified atom stereocenters. The van der Waals surface area contributed by atoms with E-state index in [0.29, 0.717) is 22.4 Å². The predicted octanol–water partition coefficient (Wildman–Crippen LogP) is 3.66. The van der Waals surface area contributed by atoms with Gasteiger partial charge in [-0.3, -0.25) is 9.69 Å². The van der Waals surface area contributed by atoms with Gasteiger partial charge in [-0.25, -0.2) is 0 Å². The molecule has 25 heavy (non-hydrogen) atoms. The van der Waals surface area contributed by atoms with Crippen LogP contribution in [0.15, 0.2) is 54.2 Å². The standard InChI is InChI=1S/C19H18ClN3OS/c1-22(2)15-9-7-13(8-10-15)11-17-18(24)23(19(25)21-17)12-14-5-3-4-6-16(14)20/h3-11H,12H2,1-2H3,(H,21,25)/b17-11-. The number of benzene rings is 2. The third kappa shape index (κ3) is 3.83. The smallest absolute Gasteiger partial charge is 0.276 e. The van der Waals surface area contributed by atoms with Gasteiger partial charge >= 0.3 is 0 Å². The zero-order valence-electron chi connectivity index (χ0n) is 14.0. The summed E-state index contributed by atoms with van der Waals surface area (Å²) in [5.74, 6) is -0.151. The number of rotatable bonds is 4. The third-order valence-corrected chi connectivity index (χ3v) is 4.66. The number of carbonyl (C=O) groups excluding carboxylic acids is 1. The summed E-state index contributed by atoms with van der Waals surface area (Å²) in [6.45, 7) is 0.348. The maximum absolute atomic E-state index is 12.7. The van der Waals surface area contributed by atoms with Gasteiger partial charge in [-0.1, -0.05) is 41.9 Å². The molecule has 1 aliphatic rings. The lowest BCUT2D eigenvalue weighted by Gasteiger charge is -2.14. The molecule has 0 aliphatic carbocycles. The van der Waals surface area contributed by atoms with Crippen molar-refractivity contribution in [3.05, 3.63) is 70.4 Å². The SMILES string of the molecule is CN(C)c1ccc(/C=C2\NC(=S)N(Cc3ccccc3Cl)C2=O)cc1. The molecule has 1 aliphatic heterocycles. The van der Waals surface area contributed by atoms with Crippen LogP contribution in [-0.2, 0) is 11.3 Å². The van der Waals surface area contributed by atoms with Crippen LogP contribution in [0.2, 0.25) is 5.02 Å². The molecular weight excluding hydrogens is 354 g/mol. The number of thiocarbonyl (C=S) groups is 1. The fourth-order valence-corrected chi connectivity index (χ4v) is 3.00. The number of hydrogen-bond acceptors (Lipinski definition) is 3. The van der Waals surface area contributed by atoms with Gasteiger partial charge in [0.25, 0.3) is 5.91 Å². The normalized spacial score (nSPS) is 15.6. The Hall–Kier alpha value is -2.37. The minimum absolute atomic E-state index is 0.151. The highest BCUT2D eigenvalue weighted by Crippen LogP contribution is 2.22. The van der Waals surface area contributed by atoms with Crippen LogP contribution in [0.1, 0.15) is 11.1 Å². The van der Waals surface area contributed by atoms with E-state index in [1.165, 1.54) is 4.90 Å². The Kier molecular flexibility index (Phi) is 5.06. The van der Waals surface area contributed by atoms with Crippen LogP contribution < -0.4 is 10.2 Å². The maximum atomic E-state index is 12.7. The van der Waals surface area contributed by atoms with E-state index in [2.05, 4.69) is 5.32 Å². The lowest BCUT2D eigenvalue weighted by molar-refractivity contribution is -0.122. The lowest BCUT2D eigenvalue weighted by Crippen LogP contribution is -2.30. The monoisotopic (exact) mass is 371 g/mol. The molecule has 0 radical (unpaired) electrons. The molecule has 3 rings (SSSR count). The molecule has 0 spiro atoms. The second-order valence-corrected chi connectivity index (χ2v) is 6.75. The van der Waals surface area contributed by atoms with Gasteiger partial charge < -0.3 is 10.2 Å². The predicted molar refractivity (Wildman–Crippen MR) is 106 cm³/mol. The summed E-state index contributed by atoms with van der Waals surface area (Å²) in [7, 11) is 3.97. The molecule has 128 valence electrons. The van der Waals surface area contributed by atoms with Gasteiger partial charge in [-0.15, -0.1) is 0 Å². The van der Waals surface area contributed by atoms with Crippen molar-refractivity contribution in [1.82, 2.24) is 10.2 Å². The molecule has 1 fully saturated rings. The molecule has 1 N–H and O–H groups in total. The van der Waals surface area contributed by atoms with Crippen molar-refractivity contribution in [1.29, 1.82) is 0 Å². The highest BCUT2D eigenvalue weighted by molar-refractivity contribution is 7.80. The van der Waals surface area contributed by atoms with Gasteiger partial charge in [0.1, 0.15) is 5.70 Å². The molecule has 1 heterocycles. The van der Waals surface area contributed by atoms with Crippen LogP contribution in [0, 0.1) is 0 Å². The van der Waals surface area contributed by atoms with Crippen LogP contribution in [0.4, 0.5) is 5.69 Å². The van der Waals surface area contributed by atoms with Crippen molar-refractivity contribution in [2.75, 3.05) is 19.0 Å². The van der Waals surface area contributed by atoms with E-state index in [9.17, 15) is 4.79 Å². The van der Waals surface area contributed by atoms with Crippen LogP contribution >= 0.6 is 23.8 Å².